The summed E-state index contributed by atoms with van der Waals surface area (Å²) in [5.74, 6) is 0.801. The molecule has 70 valence electrons. The molecular weight excluding hydrogens is 275 g/mol. The van der Waals surface area contributed by atoms with Gasteiger partial charge in [0.2, 0.25) is 0 Å². The van der Waals surface area contributed by atoms with Crippen LogP contribution >= 0.6 is 22.6 Å². The Morgan fingerprint density at radius 1 is 1.38 bits per heavy atom. The average Bonchev–Trinajstić information content (AvgIpc) is 2.16. The second-order valence-corrected chi connectivity index (χ2v) is 3.64. The van der Waals surface area contributed by atoms with Crippen LogP contribution in [-0.4, -0.2) is 5.11 Å². The zero-order valence-electron chi connectivity index (χ0n) is 7.57. The van der Waals surface area contributed by atoms with Crippen LogP contribution in [0.4, 0.5) is 0 Å². The van der Waals surface area contributed by atoms with Crippen molar-refractivity contribution in [3.05, 3.63) is 40.0 Å². The zero-order chi connectivity index (χ0) is 9.68. The first-order valence-electron chi connectivity index (χ1n) is 4.33. The maximum absolute atomic E-state index is 9.12. The Hall–Kier alpha value is -0.510. The van der Waals surface area contributed by atoms with Crippen LogP contribution in [0.3, 0.4) is 0 Å². The molecule has 1 N–H and O–H groups in total. The first-order chi connectivity index (χ1) is 6.27. The van der Waals surface area contributed by atoms with Gasteiger partial charge < -0.3 is 5.11 Å². The number of hydrogen-bond acceptors (Lipinski definition) is 1. The van der Waals surface area contributed by atoms with Crippen LogP contribution in [0.2, 0.25) is 0 Å². The molecule has 0 saturated carbocycles. The molecule has 0 aliphatic heterocycles. The van der Waals surface area contributed by atoms with Gasteiger partial charge in [-0.05, 0) is 28.2 Å². The van der Waals surface area contributed by atoms with Crippen molar-refractivity contribution in [3.8, 4) is 5.75 Å². The number of allylic oxidation sites excluding steroid dienone is 1. The van der Waals surface area contributed by atoms with Gasteiger partial charge in [-0.2, -0.15) is 0 Å². The molecule has 0 aliphatic carbocycles. The van der Waals surface area contributed by atoms with Crippen molar-refractivity contribution in [2.24, 2.45) is 0 Å². The minimum Gasteiger partial charge on any atom is -0.508 e. The highest BCUT2D eigenvalue weighted by atomic mass is 127. The standard InChI is InChI=1S/C11H13IO/c1-2-9(7-8-12)10-3-5-11(13)6-4-10/h3-9,13H,2H2,1H3/b8-7+/t9-/m0/s1. The Balaban J connectivity index is 2.85. The molecule has 0 bridgehead atoms. The van der Waals surface area contributed by atoms with Gasteiger partial charge in [-0.25, -0.2) is 0 Å². The molecule has 1 aromatic carbocycles. The Labute approximate surface area is 92.6 Å². The van der Waals surface area contributed by atoms with Crippen LogP contribution in [0, 0.1) is 0 Å². The second-order valence-electron chi connectivity index (χ2n) is 2.92. The number of benzene rings is 1. The summed E-state index contributed by atoms with van der Waals surface area (Å²) in [4.78, 5) is 0. The number of phenolic OH excluding ortho intramolecular Hbond substituents is 1. The molecule has 0 unspecified atom stereocenters. The normalized spacial score (nSPS) is 13.4. The lowest BCUT2D eigenvalue weighted by Gasteiger charge is -2.09. The van der Waals surface area contributed by atoms with Crippen molar-refractivity contribution in [2.75, 3.05) is 0 Å². The van der Waals surface area contributed by atoms with E-state index in [1.54, 1.807) is 12.1 Å². The molecule has 0 aliphatic rings. The molecule has 1 atom stereocenters. The van der Waals surface area contributed by atoms with E-state index in [9.17, 15) is 0 Å². The van der Waals surface area contributed by atoms with E-state index < -0.39 is 0 Å². The largest absolute Gasteiger partial charge is 0.508 e. The van der Waals surface area contributed by atoms with Gasteiger partial charge in [-0.15, -0.1) is 0 Å². The third-order valence-electron chi connectivity index (χ3n) is 2.07. The number of hydrogen-bond donors (Lipinski definition) is 1. The molecule has 2 heteroatoms. The third kappa shape index (κ3) is 3.03. The molecule has 1 rings (SSSR count). The van der Waals surface area contributed by atoms with E-state index >= 15 is 0 Å². The molecule has 0 saturated heterocycles. The number of phenols is 1. The highest BCUT2D eigenvalue weighted by Gasteiger charge is 2.04. The molecule has 0 heterocycles. The van der Waals surface area contributed by atoms with Crippen molar-refractivity contribution in [1.29, 1.82) is 0 Å². The van der Waals surface area contributed by atoms with E-state index in [1.165, 1.54) is 5.56 Å². The van der Waals surface area contributed by atoms with Gasteiger partial charge in [0.15, 0.2) is 0 Å². The average molecular weight is 288 g/mol. The van der Waals surface area contributed by atoms with Gasteiger partial charge in [-0.1, -0.05) is 47.7 Å². The number of aromatic hydroxyl groups is 1. The monoisotopic (exact) mass is 288 g/mol. The lowest BCUT2D eigenvalue weighted by Crippen LogP contribution is -1.91. The second kappa shape index (κ2) is 5.27. The highest BCUT2D eigenvalue weighted by Crippen LogP contribution is 2.23. The van der Waals surface area contributed by atoms with E-state index in [4.69, 9.17) is 5.11 Å². The number of rotatable bonds is 3. The van der Waals surface area contributed by atoms with Crippen molar-refractivity contribution < 1.29 is 5.11 Å². The highest BCUT2D eigenvalue weighted by molar-refractivity contribution is 14.1. The maximum Gasteiger partial charge on any atom is 0.115 e. The first kappa shape index (κ1) is 10.6. The van der Waals surface area contributed by atoms with Gasteiger partial charge in [0.05, 0.1) is 0 Å². The smallest absolute Gasteiger partial charge is 0.115 e. The molecular formula is C11H13IO. The van der Waals surface area contributed by atoms with Crippen LogP contribution in [-0.2, 0) is 0 Å². The molecule has 1 aromatic rings. The topological polar surface area (TPSA) is 20.2 Å². The molecule has 0 spiro atoms. The van der Waals surface area contributed by atoms with Gasteiger partial charge in [0.25, 0.3) is 0 Å². The predicted molar refractivity (Wildman–Crippen MR) is 64.3 cm³/mol. The first-order valence-corrected chi connectivity index (χ1v) is 5.58. The fraction of sp³-hybridized carbons (Fsp3) is 0.273. The molecule has 1 nitrogen and oxygen atoms in total. The fourth-order valence-corrected chi connectivity index (χ4v) is 1.79. The Morgan fingerprint density at radius 3 is 2.46 bits per heavy atom. The van der Waals surface area contributed by atoms with E-state index in [1.807, 2.05) is 16.2 Å². The van der Waals surface area contributed by atoms with Crippen molar-refractivity contribution >= 4 is 22.6 Å². The quantitative estimate of drug-likeness (QED) is 0.838. The summed E-state index contributed by atoms with van der Waals surface area (Å²) in [5.41, 5.74) is 1.26. The molecule has 13 heavy (non-hydrogen) atoms. The molecule has 0 aromatic heterocycles. The van der Waals surface area contributed by atoms with E-state index in [2.05, 4.69) is 35.6 Å². The summed E-state index contributed by atoms with van der Waals surface area (Å²) in [6.45, 7) is 2.16. The fourth-order valence-electron chi connectivity index (χ4n) is 1.29. The minimum atomic E-state index is 0.331. The van der Waals surface area contributed by atoms with Gasteiger partial charge >= 0.3 is 0 Å². The molecule has 0 amide bonds. The lowest BCUT2D eigenvalue weighted by molar-refractivity contribution is 0.475. The predicted octanol–water partition coefficient (Wildman–Crippen LogP) is 3.83. The summed E-state index contributed by atoms with van der Waals surface area (Å²) >= 11 is 2.23. The summed E-state index contributed by atoms with van der Waals surface area (Å²) < 4.78 is 2.04. The van der Waals surface area contributed by atoms with E-state index in [0.29, 0.717) is 11.7 Å². The summed E-state index contributed by atoms with van der Waals surface area (Å²) in [5, 5.41) is 9.12. The van der Waals surface area contributed by atoms with E-state index in [-0.39, 0.29) is 0 Å². The van der Waals surface area contributed by atoms with Crippen LogP contribution in [0.25, 0.3) is 0 Å². The van der Waals surface area contributed by atoms with Crippen LogP contribution in [0.1, 0.15) is 24.8 Å². The van der Waals surface area contributed by atoms with Gasteiger partial charge in [0.1, 0.15) is 5.75 Å². The van der Waals surface area contributed by atoms with Gasteiger partial charge in [-0.3, -0.25) is 0 Å². The van der Waals surface area contributed by atoms with Crippen molar-refractivity contribution in [3.63, 3.8) is 0 Å². The Bertz CT molecular complexity index is 277. The van der Waals surface area contributed by atoms with Crippen molar-refractivity contribution in [1.82, 2.24) is 0 Å². The maximum atomic E-state index is 9.12. The van der Waals surface area contributed by atoms with Crippen LogP contribution in [0.15, 0.2) is 34.4 Å². The molecule has 0 fully saturated rings. The summed E-state index contributed by atoms with van der Waals surface area (Å²) in [6, 6.07) is 7.42. The SMILES string of the molecule is CC[C@@H](/C=C/I)c1ccc(O)cc1. The lowest BCUT2D eigenvalue weighted by atomic mass is 9.97. The summed E-state index contributed by atoms with van der Waals surface area (Å²) in [6.07, 6.45) is 3.26. The summed E-state index contributed by atoms with van der Waals surface area (Å²) in [7, 11) is 0. The van der Waals surface area contributed by atoms with Crippen molar-refractivity contribution in [2.45, 2.75) is 19.3 Å². The van der Waals surface area contributed by atoms with E-state index in [0.717, 1.165) is 6.42 Å². The Morgan fingerprint density at radius 2 is 2.00 bits per heavy atom. The molecule has 0 radical (unpaired) electrons. The minimum absolute atomic E-state index is 0.331. The number of halogens is 1. The Kier molecular flexibility index (Phi) is 4.28. The third-order valence-corrected chi connectivity index (χ3v) is 2.48. The van der Waals surface area contributed by atoms with Crippen LogP contribution < -0.4 is 0 Å². The van der Waals surface area contributed by atoms with Crippen LogP contribution in [0.5, 0.6) is 5.75 Å². The zero-order valence-corrected chi connectivity index (χ0v) is 9.73. The van der Waals surface area contributed by atoms with Gasteiger partial charge in [0, 0.05) is 5.92 Å².